The van der Waals surface area contributed by atoms with Gasteiger partial charge in [-0.15, -0.1) is 0 Å². The van der Waals surface area contributed by atoms with Crippen molar-refractivity contribution in [3.8, 4) is 0 Å². The Balaban J connectivity index is 4.88. The van der Waals surface area contributed by atoms with E-state index in [0.29, 0.717) is 19.8 Å². The molecule has 28 heavy (non-hydrogen) atoms. The maximum atomic E-state index is 6.10. The second-order valence-electron chi connectivity index (χ2n) is 7.57. The van der Waals surface area contributed by atoms with E-state index in [1.54, 1.807) is 0 Å². The molecular formula is C21H49N3O3Si. The first-order valence-electron chi connectivity index (χ1n) is 11.5. The molecule has 0 aliphatic heterocycles. The summed E-state index contributed by atoms with van der Waals surface area (Å²) in [7, 11) is 1.79. The smallest absolute Gasteiger partial charge is 0.373 e. The third kappa shape index (κ3) is 13.2. The average Bonchev–Trinajstić information content (AvgIpc) is 2.62. The minimum absolute atomic E-state index is 0.637. The van der Waals surface area contributed by atoms with Crippen LogP contribution in [0.3, 0.4) is 0 Å². The van der Waals surface area contributed by atoms with Crippen LogP contribution in [0.5, 0.6) is 0 Å². The van der Waals surface area contributed by atoms with Gasteiger partial charge in [0.1, 0.15) is 0 Å². The lowest BCUT2D eigenvalue weighted by molar-refractivity contribution is 0.0556. The van der Waals surface area contributed by atoms with Gasteiger partial charge in [0.15, 0.2) is 0 Å². The van der Waals surface area contributed by atoms with Crippen molar-refractivity contribution in [2.75, 3.05) is 79.4 Å². The minimum atomic E-state index is -2.64. The first kappa shape index (κ1) is 28.0. The van der Waals surface area contributed by atoms with Crippen LogP contribution in [-0.4, -0.2) is 103 Å². The Kier molecular flexibility index (Phi) is 17.8. The Morgan fingerprint density at radius 3 is 1.29 bits per heavy atom. The molecule has 0 aromatic heterocycles. The molecule has 0 aromatic rings. The van der Waals surface area contributed by atoms with Crippen molar-refractivity contribution in [1.29, 1.82) is 0 Å². The van der Waals surface area contributed by atoms with Gasteiger partial charge in [-0.2, -0.15) is 0 Å². The van der Waals surface area contributed by atoms with Gasteiger partial charge in [-0.25, -0.2) is 0 Å². The molecule has 0 aliphatic carbocycles. The van der Waals surface area contributed by atoms with Crippen molar-refractivity contribution in [3.05, 3.63) is 0 Å². The molecular weight excluding hydrogens is 370 g/mol. The fourth-order valence-corrected chi connectivity index (χ4v) is 6.29. The van der Waals surface area contributed by atoms with Crippen LogP contribution in [0.1, 0.15) is 60.3 Å². The van der Waals surface area contributed by atoms with Crippen LogP contribution in [0.15, 0.2) is 0 Å². The van der Waals surface area contributed by atoms with Crippen LogP contribution >= 0.6 is 0 Å². The van der Waals surface area contributed by atoms with Crippen molar-refractivity contribution < 1.29 is 13.3 Å². The van der Waals surface area contributed by atoms with Gasteiger partial charge in [0.2, 0.25) is 0 Å². The summed E-state index contributed by atoms with van der Waals surface area (Å²) in [5.41, 5.74) is 0. The molecule has 0 fully saturated rings. The van der Waals surface area contributed by atoms with E-state index >= 15 is 0 Å². The molecule has 0 aliphatic rings. The molecule has 7 heteroatoms. The molecule has 0 bridgehead atoms. The molecule has 0 unspecified atom stereocenters. The predicted octanol–water partition coefficient (Wildman–Crippen LogP) is 3.34. The van der Waals surface area contributed by atoms with Crippen molar-refractivity contribution in [2.24, 2.45) is 0 Å². The van der Waals surface area contributed by atoms with Gasteiger partial charge in [0, 0.05) is 19.8 Å². The summed E-state index contributed by atoms with van der Waals surface area (Å²) >= 11 is 0. The Hall–Kier alpha value is -0.0231. The number of hydrogen-bond donors (Lipinski definition) is 0. The van der Waals surface area contributed by atoms with Crippen molar-refractivity contribution in [2.45, 2.75) is 60.3 Å². The maximum Gasteiger partial charge on any atom is 0.515 e. The highest BCUT2D eigenvalue weighted by Crippen LogP contribution is 2.14. The maximum absolute atomic E-state index is 6.10. The summed E-state index contributed by atoms with van der Waals surface area (Å²) in [4.78, 5) is 7.36. The molecule has 0 aromatic carbocycles. The van der Waals surface area contributed by atoms with Crippen LogP contribution in [0.4, 0.5) is 0 Å². The van der Waals surface area contributed by atoms with Crippen molar-refractivity contribution in [1.82, 2.24) is 14.7 Å². The molecule has 0 radical (unpaired) electrons. The van der Waals surface area contributed by atoms with Crippen LogP contribution in [0.25, 0.3) is 0 Å². The average molecular weight is 420 g/mol. The molecule has 0 spiro atoms. The Morgan fingerprint density at radius 1 is 0.571 bits per heavy atom. The van der Waals surface area contributed by atoms with E-state index in [2.05, 4.69) is 42.6 Å². The Morgan fingerprint density at radius 2 is 0.964 bits per heavy atom. The Bertz CT molecular complexity index is 316. The summed E-state index contributed by atoms with van der Waals surface area (Å²) < 4.78 is 18.3. The summed E-state index contributed by atoms with van der Waals surface area (Å²) in [5.74, 6) is 0. The van der Waals surface area contributed by atoms with Gasteiger partial charge < -0.3 is 23.1 Å². The van der Waals surface area contributed by atoms with E-state index in [1.165, 1.54) is 12.8 Å². The van der Waals surface area contributed by atoms with E-state index in [4.69, 9.17) is 13.3 Å². The standard InChI is InChI=1S/C21H49N3O3Si/c1-8-15-22(6)17-13-19-24(20-14-18-23(7)16-9-2)21-28(25-10-3,26-11-4)27-12-5/h8-21H2,1-7H3. The zero-order valence-electron chi connectivity index (χ0n) is 20.0. The van der Waals surface area contributed by atoms with Crippen molar-refractivity contribution in [3.63, 3.8) is 0 Å². The molecule has 170 valence electrons. The fourth-order valence-electron chi connectivity index (χ4n) is 3.58. The van der Waals surface area contributed by atoms with Gasteiger partial charge in [-0.05, 0) is 99.8 Å². The van der Waals surface area contributed by atoms with Gasteiger partial charge >= 0.3 is 8.80 Å². The van der Waals surface area contributed by atoms with E-state index in [-0.39, 0.29) is 0 Å². The second-order valence-corrected chi connectivity index (χ2v) is 10.1. The molecule has 0 rings (SSSR count). The van der Waals surface area contributed by atoms with Gasteiger partial charge in [-0.3, -0.25) is 4.90 Å². The lowest BCUT2D eigenvalue weighted by atomic mass is 10.3. The Labute approximate surface area is 176 Å². The molecule has 6 nitrogen and oxygen atoms in total. The zero-order chi connectivity index (χ0) is 21.3. The predicted molar refractivity (Wildman–Crippen MR) is 122 cm³/mol. The number of rotatable bonds is 20. The van der Waals surface area contributed by atoms with E-state index in [9.17, 15) is 0 Å². The van der Waals surface area contributed by atoms with Crippen molar-refractivity contribution >= 4 is 8.80 Å². The third-order valence-electron chi connectivity index (χ3n) is 4.75. The summed E-state index contributed by atoms with van der Waals surface area (Å²) in [5, 5.41) is 0. The van der Waals surface area contributed by atoms with E-state index in [1.807, 2.05) is 20.8 Å². The highest BCUT2D eigenvalue weighted by Gasteiger charge is 2.42. The van der Waals surface area contributed by atoms with Crippen LogP contribution < -0.4 is 0 Å². The van der Waals surface area contributed by atoms with E-state index in [0.717, 1.165) is 58.3 Å². The fraction of sp³-hybridized carbons (Fsp3) is 1.00. The number of nitrogens with zero attached hydrogens (tertiary/aromatic N) is 3. The third-order valence-corrected chi connectivity index (χ3v) is 7.77. The highest BCUT2D eigenvalue weighted by atomic mass is 28.4. The first-order valence-corrected chi connectivity index (χ1v) is 13.4. The SMILES string of the molecule is CCCN(C)CCCN(CCCN(C)CCC)C[Si](OCC)(OCC)OCC. The number of hydrogen-bond acceptors (Lipinski definition) is 6. The molecule has 0 atom stereocenters. The first-order chi connectivity index (χ1) is 13.5. The lowest BCUT2D eigenvalue weighted by Gasteiger charge is -2.34. The molecule has 0 N–H and O–H groups in total. The monoisotopic (exact) mass is 419 g/mol. The molecule has 0 amide bonds. The van der Waals surface area contributed by atoms with Crippen LogP contribution in [-0.2, 0) is 13.3 Å². The largest absolute Gasteiger partial charge is 0.515 e. The highest BCUT2D eigenvalue weighted by molar-refractivity contribution is 6.60. The molecule has 0 heterocycles. The molecule has 0 saturated carbocycles. The second kappa shape index (κ2) is 17.8. The van der Waals surface area contributed by atoms with Gasteiger partial charge in [-0.1, -0.05) is 13.8 Å². The minimum Gasteiger partial charge on any atom is -0.373 e. The lowest BCUT2D eigenvalue weighted by Crippen LogP contribution is -2.56. The van der Waals surface area contributed by atoms with Gasteiger partial charge in [0.05, 0.1) is 6.17 Å². The summed E-state index contributed by atoms with van der Waals surface area (Å²) in [6.45, 7) is 19.2. The van der Waals surface area contributed by atoms with Gasteiger partial charge in [0.25, 0.3) is 0 Å². The topological polar surface area (TPSA) is 37.4 Å². The normalized spacial score (nSPS) is 12.6. The summed E-state index contributed by atoms with van der Waals surface area (Å²) in [6, 6.07) is 0. The van der Waals surface area contributed by atoms with Crippen LogP contribution in [0.2, 0.25) is 0 Å². The molecule has 0 saturated heterocycles. The quantitative estimate of drug-likeness (QED) is 0.282. The van der Waals surface area contributed by atoms with Crippen LogP contribution in [0, 0.1) is 0 Å². The van der Waals surface area contributed by atoms with E-state index < -0.39 is 8.80 Å². The summed E-state index contributed by atoms with van der Waals surface area (Å²) in [6.07, 6.45) is 5.53. The zero-order valence-corrected chi connectivity index (χ0v) is 21.0.